The molecule has 0 bridgehead atoms. The third-order valence-corrected chi connectivity index (χ3v) is 2.69. The van der Waals surface area contributed by atoms with Crippen molar-refractivity contribution >= 4 is 16.9 Å². The van der Waals surface area contributed by atoms with E-state index >= 15 is 0 Å². The molecule has 0 atom stereocenters. The molecule has 0 spiro atoms. The van der Waals surface area contributed by atoms with Gasteiger partial charge in [-0.1, -0.05) is 6.92 Å². The number of alkyl halides is 2. The molecule has 2 rings (SSSR count). The quantitative estimate of drug-likeness (QED) is 0.913. The van der Waals surface area contributed by atoms with Crippen LogP contribution in [0.2, 0.25) is 0 Å². The smallest absolute Gasteiger partial charge is 0.293 e. The van der Waals surface area contributed by atoms with E-state index in [1.807, 2.05) is 0 Å². The van der Waals surface area contributed by atoms with Crippen molar-refractivity contribution in [2.75, 3.05) is 12.8 Å². The van der Waals surface area contributed by atoms with Crippen molar-refractivity contribution in [2.24, 2.45) is 0 Å². The Kier molecular flexibility index (Phi) is 3.02. The summed E-state index contributed by atoms with van der Waals surface area (Å²) in [7, 11) is 1.51. The average Bonchev–Trinajstić information content (AvgIpc) is 2.37. The van der Waals surface area contributed by atoms with Gasteiger partial charge in [-0.15, -0.1) is 0 Å². The monoisotopic (exact) mass is 253 g/mol. The molecule has 0 saturated carbocycles. The first kappa shape index (κ1) is 12.5. The van der Waals surface area contributed by atoms with E-state index in [9.17, 15) is 8.78 Å². The van der Waals surface area contributed by atoms with E-state index in [4.69, 9.17) is 10.5 Å². The van der Waals surface area contributed by atoms with Gasteiger partial charge in [-0.3, -0.25) is 0 Å². The molecule has 0 radical (unpaired) electrons. The fourth-order valence-electron chi connectivity index (χ4n) is 1.61. The van der Waals surface area contributed by atoms with Crippen LogP contribution in [0.3, 0.4) is 0 Å². The summed E-state index contributed by atoms with van der Waals surface area (Å²) in [6, 6.07) is 4.82. The number of benzene rings is 1. The zero-order chi connectivity index (χ0) is 13.3. The van der Waals surface area contributed by atoms with Gasteiger partial charge in [0.05, 0.1) is 18.1 Å². The largest absolute Gasteiger partial charge is 0.497 e. The Morgan fingerprint density at radius 3 is 2.61 bits per heavy atom. The Bertz CT molecular complexity index is 587. The molecule has 0 saturated heterocycles. The van der Waals surface area contributed by atoms with Crippen LogP contribution in [0.4, 0.5) is 14.6 Å². The number of hydrogen-bond acceptors (Lipinski definition) is 4. The summed E-state index contributed by atoms with van der Waals surface area (Å²) in [5.41, 5.74) is 5.88. The molecule has 1 heterocycles. The molecule has 0 fully saturated rings. The highest BCUT2D eigenvalue weighted by Gasteiger charge is 2.34. The highest BCUT2D eigenvalue weighted by Crippen LogP contribution is 2.34. The van der Waals surface area contributed by atoms with E-state index in [2.05, 4.69) is 9.97 Å². The minimum atomic E-state index is -3.06. The lowest BCUT2D eigenvalue weighted by molar-refractivity contribution is -0.0119. The third kappa shape index (κ3) is 2.05. The van der Waals surface area contributed by atoms with Crippen molar-refractivity contribution in [1.29, 1.82) is 0 Å². The van der Waals surface area contributed by atoms with Crippen molar-refractivity contribution in [3.8, 4) is 5.75 Å². The van der Waals surface area contributed by atoms with Gasteiger partial charge in [0.1, 0.15) is 5.75 Å². The van der Waals surface area contributed by atoms with Crippen molar-refractivity contribution in [1.82, 2.24) is 9.97 Å². The molecule has 0 unspecified atom stereocenters. The second-order valence-electron chi connectivity index (χ2n) is 3.87. The van der Waals surface area contributed by atoms with Gasteiger partial charge in [-0.05, 0) is 12.1 Å². The maximum absolute atomic E-state index is 13.6. The van der Waals surface area contributed by atoms with Crippen LogP contribution in [0.15, 0.2) is 18.2 Å². The lowest BCUT2D eigenvalue weighted by Crippen LogP contribution is -2.17. The Morgan fingerprint density at radius 2 is 2.00 bits per heavy atom. The van der Waals surface area contributed by atoms with E-state index in [0.717, 1.165) is 0 Å². The van der Waals surface area contributed by atoms with E-state index in [-0.39, 0.29) is 12.2 Å². The van der Waals surface area contributed by atoms with Crippen LogP contribution in [0.5, 0.6) is 5.75 Å². The molecule has 0 aliphatic rings. The number of methoxy groups -OCH3 is 1. The van der Waals surface area contributed by atoms with Gasteiger partial charge in [0.25, 0.3) is 5.92 Å². The molecule has 2 N–H and O–H groups in total. The topological polar surface area (TPSA) is 61.0 Å². The molecule has 1 aromatic carbocycles. The minimum absolute atomic E-state index is 0.248. The van der Waals surface area contributed by atoms with Gasteiger partial charge in [0, 0.05) is 12.5 Å². The number of rotatable bonds is 3. The SMILES string of the molecule is CCC(F)(F)c1nc2ccc(OC)cc2nc1N. The first-order chi connectivity index (χ1) is 8.47. The van der Waals surface area contributed by atoms with E-state index in [0.29, 0.717) is 16.8 Å². The number of ether oxygens (including phenoxy) is 1. The first-order valence-corrected chi connectivity index (χ1v) is 5.47. The number of fused-ring (bicyclic) bond motifs is 1. The predicted octanol–water partition coefficient (Wildman–Crippen LogP) is 2.72. The second-order valence-corrected chi connectivity index (χ2v) is 3.87. The highest BCUT2D eigenvalue weighted by molar-refractivity contribution is 5.78. The van der Waals surface area contributed by atoms with Crippen molar-refractivity contribution in [3.05, 3.63) is 23.9 Å². The molecule has 0 aliphatic carbocycles. The van der Waals surface area contributed by atoms with Crippen molar-refractivity contribution < 1.29 is 13.5 Å². The molecule has 96 valence electrons. The first-order valence-electron chi connectivity index (χ1n) is 5.47. The molecule has 1 aromatic heterocycles. The number of anilines is 1. The van der Waals surface area contributed by atoms with Gasteiger partial charge in [-0.25, -0.2) is 9.97 Å². The van der Waals surface area contributed by atoms with Gasteiger partial charge < -0.3 is 10.5 Å². The number of aromatic nitrogens is 2. The summed E-state index contributed by atoms with van der Waals surface area (Å²) in [6.07, 6.45) is -0.368. The van der Waals surface area contributed by atoms with Gasteiger partial charge in [0.2, 0.25) is 0 Å². The lowest BCUT2D eigenvalue weighted by atomic mass is 10.1. The minimum Gasteiger partial charge on any atom is -0.497 e. The summed E-state index contributed by atoms with van der Waals surface area (Å²) >= 11 is 0. The summed E-state index contributed by atoms with van der Waals surface area (Å²) < 4.78 is 32.2. The number of nitrogens with two attached hydrogens (primary N) is 1. The van der Waals surface area contributed by atoms with Crippen LogP contribution < -0.4 is 10.5 Å². The Balaban J connectivity index is 2.63. The van der Waals surface area contributed by atoms with Crippen molar-refractivity contribution in [3.63, 3.8) is 0 Å². The van der Waals surface area contributed by atoms with Crippen LogP contribution in [0.25, 0.3) is 11.0 Å². The maximum atomic E-state index is 13.6. The lowest BCUT2D eigenvalue weighted by Gasteiger charge is -2.15. The molecule has 4 nitrogen and oxygen atoms in total. The molecule has 18 heavy (non-hydrogen) atoms. The molecule has 6 heteroatoms. The van der Waals surface area contributed by atoms with E-state index in [1.54, 1.807) is 18.2 Å². The summed E-state index contributed by atoms with van der Waals surface area (Å²) in [4.78, 5) is 7.85. The predicted molar refractivity (Wildman–Crippen MR) is 64.7 cm³/mol. The van der Waals surface area contributed by atoms with E-state index < -0.39 is 11.6 Å². The second kappa shape index (κ2) is 4.36. The standard InChI is InChI=1S/C12H13F2N3O/c1-3-12(13,14)10-11(15)17-9-6-7(18-2)4-5-8(9)16-10/h4-6H,3H2,1-2H3,(H2,15,17). The number of nitrogens with zero attached hydrogens (tertiary/aromatic N) is 2. The normalized spacial score (nSPS) is 11.8. The Hall–Kier alpha value is -1.98. The van der Waals surface area contributed by atoms with Crippen LogP contribution >= 0.6 is 0 Å². The average molecular weight is 253 g/mol. The van der Waals surface area contributed by atoms with Gasteiger partial charge in [-0.2, -0.15) is 8.78 Å². The van der Waals surface area contributed by atoms with Crippen LogP contribution in [-0.4, -0.2) is 17.1 Å². The zero-order valence-corrected chi connectivity index (χ0v) is 10.1. The Morgan fingerprint density at radius 1 is 1.28 bits per heavy atom. The van der Waals surface area contributed by atoms with Gasteiger partial charge in [0.15, 0.2) is 11.5 Å². The fraction of sp³-hybridized carbons (Fsp3) is 0.333. The molecule has 2 aromatic rings. The van der Waals surface area contributed by atoms with Crippen LogP contribution in [0.1, 0.15) is 19.0 Å². The number of hydrogen-bond donors (Lipinski definition) is 1. The van der Waals surface area contributed by atoms with Crippen LogP contribution in [-0.2, 0) is 5.92 Å². The number of nitrogen functional groups attached to an aromatic ring is 1. The molecular weight excluding hydrogens is 240 g/mol. The van der Waals surface area contributed by atoms with E-state index in [1.165, 1.54) is 14.0 Å². The fourth-order valence-corrected chi connectivity index (χ4v) is 1.61. The molecular formula is C12H13F2N3O. The molecule has 0 aliphatic heterocycles. The number of halogens is 2. The Labute approximate surface area is 103 Å². The van der Waals surface area contributed by atoms with Gasteiger partial charge >= 0.3 is 0 Å². The van der Waals surface area contributed by atoms with Crippen molar-refractivity contribution in [2.45, 2.75) is 19.3 Å². The third-order valence-electron chi connectivity index (χ3n) is 2.69. The summed E-state index contributed by atoms with van der Waals surface area (Å²) in [6.45, 7) is 1.37. The summed E-state index contributed by atoms with van der Waals surface area (Å²) in [5.74, 6) is -2.74. The zero-order valence-electron chi connectivity index (χ0n) is 10.1. The summed E-state index contributed by atoms with van der Waals surface area (Å²) in [5, 5.41) is 0. The highest BCUT2D eigenvalue weighted by atomic mass is 19.3. The molecule has 0 amide bonds. The maximum Gasteiger partial charge on any atom is 0.293 e. The van der Waals surface area contributed by atoms with Crippen LogP contribution in [0, 0.1) is 0 Å².